The molecule has 23 heavy (non-hydrogen) atoms. The van der Waals surface area contributed by atoms with Gasteiger partial charge in [0.25, 0.3) is 0 Å². The summed E-state index contributed by atoms with van der Waals surface area (Å²) in [7, 11) is 0. The van der Waals surface area contributed by atoms with Crippen LogP contribution in [0, 0.1) is 12.7 Å². The molecule has 0 bridgehead atoms. The first-order valence-corrected chi connectivity index (χ1v) is 7.36. The molecule has 1 amide bonds. The fourth-order valence-corrected chi connectivity index (χ4v) is 2.56. The maximum Gasteiger partial charge on any atom is 0.339 e. The third kappa shape index (κ3) is 3.23. The Hall–Kier alpha value is -2.69. The Balaban J connectivity index is 1.60. The van der Waals surface area contributed by atoms with Crippen LogP contribution in [0.5, 0.6) is 0 Å². The van der Waals surface area contributed by atoms with E-state index in [2.05, 4.69) is 5.32 Å². The Bertz CT molecular complexity index is 773. The lowest BCUT2D eigenvalue weighted by molar-refractivity contribution is -0.123. The molecule has 0 saturated carbocycles. The van der Waals surface area contributed by atoms with E-state index in [0.717, 1.165) is 5.56 Å². The van der Waals surface area contributed by atoms with Gasteiger partial charge in [-0.3, -0.25) is 4.79 Å². The number of fused-ring (bicyclic) bond motifs is 1. The molecule has 0 spiro atoms. The molecule has 1 aliphatic heterocycles. The molecule has 2 aromatic rings. The van der Waals surface area contributed by atoms with E-state index in [9.17, 15) is 14.0 Å². The van der Waals surface area contributed by atoms with Crippen LogP contribution in [0.4, 0.5) is 4.39 Å². The summed E-state index contributed by atoms with van der Waals surface area (Å²) in [5.41, 5.74) is 2.49. The van der Waals surface area contributed by atoms with Crippen LogP contribution in [0.25, 0.3) is 0 Å². The summed E-state index contributed by atoms with van der Waals surface area (Å²) in [5.74, 6) is -0.949. The second-order valence-corrected chi connectivity index (χ2v) is 5.55. The van der Waals surface area contributed by atoms with Crippen molar-refractivity contribution in [1.29, 1.82) is 0 Å². The van der Waals surface area contributed by atoms with Gasteiger partial charge in [-0.05, 0) is 30.2 Å². The van der Waals surface area contributed by atoms with Crippen molar-refractivity contribution < 1.29 is 18.7 Å². The summed E-state index contributed by atoms with van der Waals surface area (Å²) >= 11 is 0. The maximum atomic E-state index is 13.5. The molecule has 0 unspecified atom stereocenters. The van der Waals surface area contributed by atoms with E-state index in [1.165, 1.54) is 6.07 Å². The molecular weight excluding hydrogens is 297 g/mol. The van der Waals surface area contributed by atoms with E-state index in [1.807, 2.05) is 0 Å². The van der Waals surface area contributed by atoms with E-state index in [-0.39, 0.29) is 24.7 Å². The molecule has 0 radical (unpaired) electrons. The molecule has 4 nitrogen and oxygen atoms in total. The van der Waals surface area contributed by atoms with Crippen molar-refractivity contribution in [3.8, 4) is 0 Å². The number of nitrogens with one attached hydrogen (secondary N) is 1. The summed E-state index contributed by atoms with van der Waals surface area (Å²) in [6.07, 6.45) is -0.509. The van der Waals surface area contributed by atoms with Crippen LogP contribution in [-0.2, 0) is 16.1 Å². The monoisotopic (exact) mass is 313 g/mol. The number of aryl methyl sites for hydroxylation is 1. The van der Waals surface area contributed by atoms with Crippen LogP contribution >= 0.6 is 0 Å². The minimum Gasteiger partial charge on any atom is -0.453 e. The van der Waals surface area contributed by atoms with Crippen molar-refractivity contribution in [3.63, 3.8) is 0 Å². The van der Waals surface area contributed by atoms with Gasteiger partial charge in [-0.2, -0.15) is 0 Å². The number of carbonyl (C=O) groups excluding carboxylic acids is 2. The summed E-state index contributed by atoms with van der Waals surface area (Å²) in [6, 6.07) is 11.9. The van der Waals surface area contributed by atoms with Gasteiger partial charge in [0.05, 0.1) is 12.0 Å². The first kappa shape index (κ1) is 15.2. The zero-order valence-corrected chi connectivity index (χ0v) is 12.6. The third-order valence-corrected chi connectivity index (χ3v) is 3.87. The fourth-order valence-electron chi connectivity index (χ4n) is 2.56. The molecule has 1 atom stereocenters. The normalized spacial score (nSPS) is 15.9. The van der Waals surface area contributed by atoms with Crippen molar-refractivity contribution in [1.82, 2.24) is 5.32 Å². The van der Waals surface area contributed by atoms with Crippen LogP contribution < -0.4 is 5.32 Å². The minimum absolute atomic E-state index is 0.0527. The lowest BCUT2D eigenvalue weighted by Crippen LogP contribution is -2.24. The van der Waals surface area contributed by atoms with Gasteiger partial charge in [-0.1, -0.05) is 30.3 Å². The quantitative estimate of drug-likeness (QED) is 0.883. The highest BCUT2D eigenvalue weighted by molar-refractivity contribution is 5.94. The van der Waals surface area contributed by atoms with Gasteiger partial charge in [-0.25, -0.2) is 9.18 Å². The summed E-state index contributed by atoms with van der Waals surface area (Å²) in [6.45, 7) is 1.92. The second kappa shape index (κ2) is 6.20. The second-order valence-electron chi connectivity index (χ2n) is 5.55. The Labute approximate surface area is 133 Å². The van der Waals surface area contributed by atoms with Crippen molar-refractivity contribution in [2.24, 2.45) is 0 Å². The number of benzene rings is 2. The number of esters is 1. The first-order valence-electron chi connectivity index (χ1n) is 7.36. The number of ether oxygens (including phenoxy) is 1. The smallest absolute Gasteiger partial charge is 0.339 e. The Morgan fingerprint density at radius 3 is 2.83 bits per heavy atom. The average Bonchev–Trinajstić information content (AvgIpc) is 2.85. The third-order valence-electron chi connectivity index (χ3n) is 3.87. The first-order chi connectivity index (χ1) is 11.0. The standard InChI is InChI=1S/C18H16FNO3/c1-11-6-7-12(8-15(11)19)10-20-17(21)9-16-13-4-2-3-5-14(13)18(22)23-16/h2-8,16H,9-10H2,1H3,(H,20,21)/t16-/m1/s1. The van der Waals surface area contributed by atoms with Crippen molar-refractivity contribution in [2.75, 3.05) is 0 Å². The largest absolute Gasteiger partial charge is 0.453 e. The van der Waals surface area contributed by atoms with Gasteiger partial charge in [0, 0.05) is 12.1 Å². The number of carbonyl (C=O) groups is 2. The van der Waals surface area contributed by atoms with E-state index in [0.29, 0.717) is 16.7 Å². The van der Waals surface area contributed by atoms with Gasteiger partial charge < -0.3 is 10.1 Å². The molecule has 0 fully saturated rings. The lowest BCUT2D eigenvalue weighted by atomic mass is 10.0. The van der Waals surface area contributed by atoms with Gasteiger partial charge in [-0.15, -0.1) is 0 Å². The van der Waals surface area contributed by atoms with Crippen molar-refractivity contribution >= 4 is 11.9 Å². The molecule has 1 N–H and O–H groups in total. The molecule has 3 rings (SSSR count). The fraction of sp³-hybridized carbons (Fsp3) is 0.222. The van der Waals surface area contributed by atoms with Gasteiger partial charge in [0.15, 0.2) is 0 Å². The summed E-state index contributed by atoms with van der Waals surface area (Å²) in [4.78, 5) is 23.8. The maximum absolute atomic E-state index is 13.5. The van der Waals surface area contributed by atoms with Crippen LogP contribution in [-0.4, -0.2) is 11.9 Å². The summed E-state index contributed by atoms with van der Waals surface area (Å²) < 4.78 is 18.7. The number of amides is 1. The molecule has 0 saturated heterocycles. The zero-order chi connectivity index (χ0) is 16.4. The molecule has 2 aromatic carbocycles. The topological polar surface area (TPSA) is 55.4 Å². The molecule has 1 aliphatic rings. The Morgan fingerprint density at radius 1 is 1.26 bits per heavy atom. The number of halogens is 1. The molecule has 0 aromatic heterocycles. The van der Waals surface area contributed by atoms with Crippen LogP contribution in [0.1, 0.15) is 39.6 Å². The number of cyclic esters (lactones) is 1. The van der Waals surface area contributed by atoms with Gasteiger partial charge in [0.1, 0.15) is 11.9 Å². The van der Waals surface area contributed by atoms with Crippen molar-refractivity contribution in [3.05, 3.63) is 70.5 Å². The molecule has 1 heterocycles. The zero-order valence-electron chi connectivity index (χ0n) is 12.6. The van der Waals surface area contributed by atoms with Crippen LogP contribution in [0.3, 0.4) is 0 Å². The van der Waals surface area contributed by atoms with Gasteiger partial charge >= 0.3 is 5.97 Å². The van der Waals surface area contributed by atoms with E-state index in [1.54, 1.807) is 43.3 Å². The lowest BCUT2D eigenvalue weighted by Gasteiger charge is -2.11. The SMILES string of the molecule is Cc1ccc(CNC(=O)C[C@H]2OC(=O)c3ccccc32)cc1F. The molecule has 0 aliphatic carbocycles. The van der Waals surface area contributed by atoms with E-state index in [4.69, 9.17) is 4.74 Å². The van der Waals surface area contributed by atoms with E-state index >= 15 is 0 Å². The molecular formula is C18H16FNO3. The van der Waals surface area contributed by atoms with Crippen LogP contribution in [0.15, 0.2) is 42.5 Å². The predicted molar refractivity (Wildman–Crippen MR) is 82.2 cm³/mol. The Kier molecular flexibility index (Phi) is 4.10. The van der Waals surface area contributed by atoms with Gasteiger partial charge in [0.2, 0.25) is 5.91 Å². The van der Waals surface area contributed by atoms with Crippen molar-refractivity contribution in [2.45, 2.75) is 26.0 Å². The number of hydrogen-bond donors (Lipinski definition) is 1. The number of hydrogen-bond acceptors (Lipinski definition) is 3. The Morgan fingerprint density at radius 2 is 2.04 bits per heavy atom. The highest BCUT2D eigenvalue weighted by Crippen LogP contribution is 2.32. The van der Waals surface area contributed by atoms with E-state index < -0.39 is 12.1 Å². The van der Waals surface area contributed by atoms with Crippen LogP contribution in [0.2, 0.25) is 0 Å². The predicted octanol–water partition coefficient (Wildman–Crippen LogP) is 3.05. The highest BCUT2D eigenvalue weighted by atomic mass is 19.1. The molecule has 5 heteroatoms. The average molecular weight is 313 g/mol. The summed E-state index contributed by atoms with van der Waals surface area (Å²) in [5, 5.41) is 2.72. The minimum atomic E-state index is -0.562. The highest BCUT2D eigenvalue weighted by Gasteiger charge is 2.31. The number of rotatable bonds is 4. The molecule has 118 valence electrons.